The molecule has 1 aromatic rings. The number of rotatable bonds is 3. The first-order valence-corrected chi connectivity index (χ1v) is 8.94. The van der Waals surface area contributed by atoms with E-state index < -0.39 is 0 Å². The molecule has 0 bridgehead atoms. The number of hydrogen-bond donors (Lipinski definition) is 0. The van der Waals surface area contributed by atoms with Crippen LogP contribution in [0.3, 0.4) is 0 Å². The molecule has 0 aromatic heterocycles. The normalized spacial score (nSPS) is 19.1. The summed E-state index contributed by atoms with van der Waals surface area (Å²) in [7, 11) is 0. The zero-order chi connectivity index (χ0) is 15.4. The van der Waals surface area contributed by atoms with Gasteiger partial charge in [-0.3, -0.25) is 4.90 Å². The van der Waals surface area contributed by atoms with Crippen LogP contribution in [-0.4, -0.2) is 30.6 Å². The molecule has 1 fully saturated rings. The van der Waals surface area contributed by atoms with E-state index in [2.05, 4.69) is 30.0 Å². The first kappa shape index (κ1) is 15.4. The Kier molecular flexibility index (Phi) is 5.01. The second-order valence-corrected chi connectivity index (χ2v) is 6.74. The van der Waals surface area contributed by atoms with Crippen molar-refractivity contribution in [2.45, 2.75) is 51.9 Å². The monoisotopic (exact) mass is 300 g/mol. The van der Waals surface area contributed by atoms with Crippen LogP contribution in [0.5, 0.6) is 0 Å². The van der Waals surface area contributed by atoms with Crippen LogP contribution in [0, 0.1) is 5.92 Å². The molecule has 0 spiro atoms. The molecule has 2 amide bonds. The van der Waals surface area contributed by atoms with Crippen molar-refractivity contribution in [2.24, 2.45) is 5.92 Å². The molecule has 120 valence electrons. The molecule has 2 heterocycles. The van der Waals surface area contributed by atoms with Crippen molar-refractivity contribution in [3.8, 4) is 0 Å². The molecule has 2 aliphatic rings. The lowest BCUT2D eigenvalue weighted by molar-refractivity contribution is 0.172. The molecule has 0 unspecified atom stereocenters. The van der Waals surface area contributed by atoms with Crippen molar-refractivity contribution in [2.75, 3.05) is 24.5 Å². The Labute approximate surface area is 134 Å². The fourth-order valence-electron chi connectivity index (χ4n) is 3.81. The van der Waals surface area contributed by atoms with E-state index in [-0.39, 0.29) is 6.03 Å². The Morgan fingerprint density at radius 3 is 2.73 bits per heavy atom. The number of likely N-dealkylation sites (tertiary alicyclic amines) is 1. The van der Waals surface area contributed by atoms with E-state index in [9.17, 15) is 4.79 Å². The molecule has 3 heteroatoms. The van der Waals surface area contributed by atoms with Crippen molar-refractivity contribution >= 4 is 11.7 Å². The average molecular weight is 300 g/mol. The maximum atomic E-state index is 12.9. The zero-order valence-corrected chi connectivity index (χ0v) is 13.8. The molecule has 3 rings (SSSR count). The summed E-state index contributed by atoms with van der Waals surface area (Å²) in [5.74, 6) is 0.831. The first-order chi connectivity index (χ1) is 10.8. The molecule has 22 heavy (non-hydrogen) atoms. The van der Waals surface area contributed by atoms with Gasteiger partial charge < -0.3 is 4.90 Å². The predicted octanol–water partition coefficient (Wildman–Crippen LogP) is 4.46. The Hall–Kier alpha value is -1.51. The third-order valence-corrected chi connectivity index (χ3v) is 5.19. The van der Waals surface area contributed by atoms with E-state index in [4.69, 9.17) is 0 Å². The van der Waals surface area contributed by atoms with Gasteiger partial charge in [0.2, 0.25) is 0 Å². The summed E-state index contributed by atoms with van der Waals surface area (Å²) in [5.41, 5.74) is 2.45. The van der Waals surface area contributed by atoms with Crippen LogP contribution >= 0.6 is 0 Å². The van der Waals surface area contributed by atoms with Gasteiger partial charge in [0.05, 0.1) is 0 Å². The fraction of sp³-hybridized carbons (Fsp3) is 0.632. The lowest BCUT2D eigenvalue weighted by atomic mass is 9.92. The van der Waals surface area contributed by atoms with Gasteiger partial charge in [-0.05, 0) is 43.2 Å². The van der Waals surface area contributed by atoms with Crippen molar-refractivity contribution in [3.63, 3.8) is 0 Å². The fourth-order valence-corrected chi connectivity index (χ4v) is 3.81. The minimum atomic E-state index is 0.223. The number of carbonyl (C=O) groups is 1. The maximum Gasteiger partial charge on any atom is 0.324 e. The number of amides is 2. The number of carbonyl (C=O) groups excluding carboxylic acids is 1. The van der Waals surface area contributed by atoms with Gasteiger partial charge in [-0.1, -0.05) is 44.4 Å². The summed E-state index contributed by atoms with van der Waals surface area (Å²) in [6, 6.07) is 8.60. The van der Waals surface area contributed by atoms with Gasteiger partial charge in [0.25, 0.3) is 0 Å². The van der Waals surface area contributed by atoms with Crippen molar-refractivity contribution in [3.05, 3.63) is 29.8 Å². The van der Waals surface area contributed by atoms with Crippen LogP contribution in [0.25, 0.3) is 0 Å². The second kappa shape index (κ2) is 7.17. The quantitative estimate of drug-likeness (QED) is 0.808. The van der Waals surface area contributed by atoms with E-state index in [1.54, 1.807) is 0 Å². The van der Waals surface area contributed by atoms with E-state index in [1.165, 1.54) is 37.7 Å². The molecule has 0 saturated carbocycles. The number of benzene rings is 1. The van der Waals surface area contributed by atoms with Gasteiger partial charge in [0.1, 0.15) is 0 Å². The summed E-state index contributed by atoms with van der Waals surface area (Å²) >= 11 is 0. The largest absolute Gasteiger partial charge is 0.324 e. The van der Waals surface area contributed by atoms with Gasteiger partial charge in [0, 0.05) is 25.3 Å². The number of unbranched alkanes of at least 4 members (excludes halogenated alkanes) is 1. The summed E-state index contributed by atoms with van der Waals surface area (Å²) < 4.78 is 0. The number of urea groups is 1. The summed E-state index contributed by atoms with van der Waals surface area (Å²) in [6.45, 7) is 5.00. The van der Waals surface area contributed by atoms with Gasteiger partial charge >= 0.3 is 6.03 Å². The highest BCUT2D eigenvalue weighted by atomic mass is 16.2. The predicted molar refractivity (Wildman–Crippen MR) is 91.3 cm³/mol. The second-order valence-electron chi connectivity index (χ2n) is 6.74. The van der Waals surface area contributed by atoms with Crippen LogP contribution in [0.4, 0.5) is 10.5 Å². The molecule has 2 aliphatic heterocycles. The van der Waals surface area contributed by atoms with Crippen LogP contribution in [-0.2, 0) is 6.42 Å². The SMILES string of the molecule is CCCCC1CCN(C(=O)N2CCCc3ccccc32)CC1. The van der Waals surface area contributed by atoms with Crippen LogP contribution in [0.15, 0.2) is 24.3 Å². The smallest absolute Gasteiger partial charge is 0.324 e. The van der Waals surface area contributed by atoms with Crippen molar-refractivity contribution in [1.29, 1.82) is 0 Å². The molecule has 0 atom stereocenters. The third-order valence-electron chi connectivity index (χ3n) is 5.19. The number of hydrogen-bond acceptors (Lipinski definition) is 1. The van der Waals surface area contributed by atoms with Crippen molar-refractivity contribution < 1.29 is 4.79 Å². The molecule has 1 aromatic carbocycles. The van der Waals surface area contributed by atoms with Crippen LogP contribution < -0.4 is 4.90 Å². The lowest BCUT2D eigenvalue weighted by Crippen LogP contribution is -2.48. The molecular weight excluding hydrogens is 272 g/mol. The summed E-state index contributed by atoms with van der Waals surface area (Å²) in [6.07, 6.45) is 8.49. The minimum Gasteiger partial charge on any atom is -0.324 e. The Balaban J connectivity index is 1.61. The highest BCUT2D eigenvalue weighted by molar-refractivity contribution is 5.93. The number of para-hydroxylation sites is 1. The number of nitrogens with zero attached hydrogens (tertiary/aromatic N) is 2. The van der Waals surface area contributed by atoms with Crippen LogP contribution in [0.2, 0.25) is 0 Å². The van der Waals surface area contributed by atoms with E-state index in [0.717, 1.165) is 44.1 Å². The number of anilines is 1. The van der Waals surface area contributed by atoms with Crippen LogP contribution in [0.1, 0.15) is 51.0 Å². The third kappa shape index (κ3) is 3.29. The Morgan fingerprint density at radius 1 is 1.18 bits per heavy atom. The molecule has 0 N–H and O–H groups in total. The lowest BCUT2D eigenvalue weighted by Gasteiger charge is -2.38. The highest BCUT2D eigenvalue weighted by Gasteiger charge is 2.29. The number of aryl methyl sites for hydroxylation is 1. The van der Waals surface area contributed by atoms with E-state index in [1.807, 2.05) is 11.0 Å². The summed E-state index contributed by atoms with van der Waals surface area (Å²) in [4.78, 5) is 17.0. The van der Waals surface area contributed by atoms with Gasteiger partial charge in [-0.25, -0.2) is 4.79 Å². The van der Waals surface area contributed by atoms with E-state index in [0.29, 0.717) is 0 Å². The number of fused-ring (bicyclic) bond motifs is 1. The maximum absolute atomic E-state index is 12.9. The standard InChI is InChI=1S/C19H28N2O/c1-2-3-7-16-11-14-20(15-12-16)19(22)21-13-6-9-17-8-4-5-10-18(17)21/h4-5,8,10,16H,2-3,6-7,9,11-15H2,1H3. The van der Waals surface area contributed by atoms with Gasteiger partial charge in [-0.15, -0.1) is 0 Å². The van der Waals surface area contributed by atoms with E-state index >= 15 is 0 Å². The topological polar surface area (TPSA) is 23.6 Å². The van der Waals surface area contributed by atoms with Gasteiger partial charge in [0.15, 0.2) is 0 Å². The Morgan fingerprint density at radius 2 is 1.95 bits per heavy atom. The first-order valence-electron chi connectivity index (χ1n) is 8.94. The average Bonchev–Trinajstić information content (AvgIpc) is 2.59. The molecule has 0 radical (unpaired) electrons. The molecular formula is C19H28N2O. The highest BCUT2D eigenvalue weighted by Crippen LogP contribution is 2.29. The molecule has 0 aliphatic carbocycles. The number of piperidine rings is 1. The van der Waals surface area contributed by atoms with Gasteiger partial charge in [-0.2, -0.15) is 0 Å². The minimum absolute atomic E-state index is 0.223. The summed E-state index contributed by atoms with van der Waals surface area (Å²) in [5, 5.41) is 0. The molecule has 3 nitrogen and oxygen atoms in total. The molecule has 1 saturated heterocycles. The Bertz CT molecular complexity index is 506. The van der Waals surface area contributed by atoms with Crippen molar-refractivity contribution in [1.82, 2.24) is 4.90 Å². The zero-order valence-electron chi connectivity index (χ0n) is 13.8.